The Balaban J connectivity index is 1.54. The zero-order valence-electron chi connectivity index (χ0n) is 16.4. The van der Waals surface area contributed by atoms with Crippen LogP contribution >= 0.6 is 0 Å². The molecule has 30 heavy (non-hydrogen) atoms. The third-order valence-electron chi connectivity index (χ3n) is 5.96. The van der Waals surface area contributed by atoms with Crippen molar-refractivity contribution in [1.29, 1.82) is 0 Å². The van der Waals surface area contributed by atoms with Gasteiger partial charge in [0.1, 0.15) is 11.6 Å². The number of anilines is 1. The highest BCUT2D eigenvalue weighted by Gasteiger charge is 2.62. The quantitative estimate of drug-likeness (QED) is 0.676. The lowest BCUT2D eigenvalue weighted by atomic mass is 9.73. The largest absolute Gasteiger partial charge is 0.369 e. The number of hydrogen-bond acceptors (Lipinski definition) is 4. The first-order valence-electron chi connectivity index (χ1n) is 9.62. The maximum Gasteiger partial charge on any atom is 0.259 e. The fourth-order valence-corrected chi connectivity index (χ4v) is 6.03. The highest BCUT2D eigenvalue weighted by Crippen LogP contribution is 2.46. The highest BCUT2D eigenvalue weighted by atomic mass is 32.2. The topological polar surface area (TPSA) is 66.9 Å². The number of benzene rings is 2. The Kier molecular flexibility index (Phi) is 5.37. The third-order valence-corrected chi connectivity index (χ3v) is 7.79. The Morgan fingerprint density at radius 2 is 1.80 bits per heavy atom. The van der Waals surface area contributed by atoms with E-state index in [-0.39, 0.29) is 24.6 Å². The van der Waals surface area contributed by atoms with Gasteiger partial charge in [0.05, 0.1) is 11.3 Å². The fraction of sp³-hybridized carbons (Fsp3) is 0.381. The molecule has 2 aromatic rings. The maximum absolute atomic E-state index is 13.9. The van der Waals surface area contributed by atoms with E-state index in [1.807, 2.05) is 0 Å². The van der Waals surface area contributed by atoms with Crippen molar-refractivity contribution in [3.63, 3.8) is 0 Å². The van der Waals surface area contributed by atoms with Crippen LogP contribution in [0.25, 0.3) is 0 Å². The number of carbonyl (C=O) groups is 1. The number of β-lactam (4-membered cyclic amide) rings is 1. The molecule has 9 heteroatoms. The van der Waals surface area contributed by atoms with Crippen molar-refractivity contribution in [3.05, 3.63) is 65.7 Å². The van der Waals surface area contributed by atoms with Gasteiger partial charge in [-0.05, 0) is 37.1 Å². The number of halogens is 2. The van der Waals surface area contributed by atoms with E-state index in [4.69, 9.17) is 4.74 Å². The summed E-state index contributed by atoms with van der Waals surface area (Å²) < 4.78 is 60.0. The molecule has 2 aliphatic heterocycles. The number of rotatable bonds is 5. The van der Waals surface area contributed by atoms with Crippen molar-refractivity contribution in [2.45, 2.75) is 30.2 Å². The molecule has 1 atom stereocenters. The minimum atomic E-state index is -3.73. The van der Waals surface area contributed by atoms with Gasteiger partial charge >= 0.3 is 0 Å². The third kappa shape index (κ3) is 3.40. The van der Waals surface area contributed by atoms with Crippen molar-refractivity contribution in [2.24, 2.45) is 0 Å². The second-order valence-electron chi connectivity index (χ2n) is 7.62. The molecule has 0 saturated carbocycles. The summed E-state index contributed by atoms with van der Waals surface area (Å²) in [6.45, 7) is 0.325. The molecule has 0 aromatic heterocycles. The van der Waals surface area contributed by atoms with E-state index in [1.165, 1.54) is 52.7 Å². The van der Waals surface area contributed by atoms with Crippen molar-refractivity contribution in [3.8, 4) is 0 Å². The number of piperidine rings is 1. The summed E-state index contributed by atoms with van der Waals surface area (Å²) in [7, 11) is -2.29. The summed E-state index contributed by atoms with van der Waals surface area (Å²) in [5, 5.41) is 0. The van der Waals surface area contributed by atoms with Gasteiger partial charge in [-0.25, -0.2) is 21.5 Å². The molecule has 1 amide bonds. The van der Waals surface area contributed by atoms with Crippen molar-refractivity contribution in [2.75, 3.05) is 25.1 Å². The zero-order chi connectivity index (χ0) is 21.5. The van der Waals surface area contributed by atoms with Crippen LogP contribution in [-0.4, -0.2) is 50.5 Å². The Morgan fingerprint density at radius 3 is 2.43 bits per heavy atom. The normalized spacial score (nSPS) is 21.6. The fourth-order valence-electron chi connectivity index (χ4n) is 4.48. The number of sulfonamides is 1. The Labute approximate surface area is 174 Å². The summed E-state index contributed by atoms with van der Waals surface area (Å²) in [6.07, 6.45) is -0.0358. The predicted molar refractivity (Wildman–Crippen MR) is 107 cm³/mol. The number of ether oxygens (including phenoxy) is 1. The van der Waals surface area contributed by atoms with E-state index in [9.17, 15) is 22.0 Å². The second kappa shape index (κ2) is 7.72. The molecule has 1 spiro atoms. The first kappa shape index (κ1) is 20.9. The molecule has 1 unspecified atom stereocenters. The number of nitrogens with zero attached hydrogens (tertiary/aromatic N) is 2. The minimum absolute atomic E-state index is 0.118. The molecule has 0 N–H and O–H groups in total. The Morgan fingerprint density at radius 1 is 1.10 bits per heavy atom. The number of methoxy groups -OCH3 is 1. The average molecular weight is 436 g/mol. The van der Waals surface area contributed by atoms with Gasteiger partial charge in [0.2, 0.25) is 10.0 Å². The van der Waals surface area contributed by atoms with Gasteiger partial charge in [-0.2, -0.15) is 0 Å². The summed E-state index contributed by atoms with van der Waals surface area (Å²) >= 11 is 0. The minimum Gasteiger partial charge on any atom is -0.369 e. The van der Waals surface area contributed by atoms with E-state index >= 15 is 0 Å². The monoisotopic (exact) mass is 436 g/mol. The van der Waals surface area contributed by atoms with Gasteiger partial charge in [-0.15, -0.1) is 0 Å². The van der Waals surface area contributed by atoms with Gasteiger partial charge in [-0.1, -0.05) is 24.3 Å². The Hall–Kier alpha value is -2.36. The van der Waals surface area contributed by atoms with Crippen LogP contribution in [-0.2, 0) is 25.3 Å². The first-order valence-corrected chi connectivity index (χ1v) is 11.2. The van der Waals surface area contributed by atoms with Crippen LogP contribution in [0, 0.1) is 11.6 Å². The van der Waals surface area contributed by atoms with E-state index in [0.717, 1.165) is 0 Å². The first-order chi connectivity index (χ1) is 14.3. The molecule has 0 aliphatic carbocycles. The standard InChI is InChI=1S/C21H22F2N2O4S/c1-29-19-20(26)25(17-7-4-6-16(22)13-17)21(19)9-11-24(12-10-21)30(27,28)14-15-5-2-3-8-18(15)23/h2-8,13,19H,9-12,14H2,1H3. The molecule has 2 saturated heterocycles. The van der Waals surface area contributed by atoms with Crippen molar-refractivity contribution >= 4 is 21.6 Å². The molecule has 6 nitrogen and oxygen atoms in total. The van der Waals surface area contributed by atoms with E-state index in [2.05, 4.69) is 0 Å². The molecule has 4 rings (SSSR count). The van der Waals surface area contributed by atoms with Gasteiger partial charge in [0, 0.05) is 31.5 Å². The van der Waals surface area contributed by atoms with E-state index < -0.39 is 39.1 Å². The van der Waals surface area contributed by atoms with Gasteiger partial charge < -0.3 is 9.64 Å². The van der Waals surface area contributed by atoms with Crippen molar-refractivity contribution < 1.29 is 26.7 Å². The van der Waals surface area contributed by atoms with E-state index in [0.29, 0.717) is 18.5 Å². The zero-order valence-corrected chi connectivity index (χ0v) is 17.2. The van der Waals surface area contributed by atoms with Crippen molar-refractivity contribution in [1.82, 2.24) is 4.31 Å². The van der Waals surface area contributed by atoms with Gasteiger partial charge in [0.25, 0.3) is 5.91 Å². The lowest BCUT2D eigenvalue weighted by Crippen LogP contribution is -2.78. The van der Waals surface area contributed by atoms with Crippen LogP contribution in [0.1, 0.15) is 18.4 Å². The lowest BCUT2D eigenvalue weighted by molar-refractivity contribution is -0.150. The molecule has 160 valence electrons. The molecule has 2 aliphatic rings. The number of amides is 1. The van der Waals surface area contributed by atoms with Gasteiger partial charge in [0.15, 0.2) is 6.10 Å². The molecule has 2 aromatic carbocycles. The van der Waals surface area contributed by atoms with Crippen LogP contribution in [0.4, 0.5) is 14.5 Å². The smallest absolute Gasteiger partial charge is 0.259 e. The van der Waals surface area contributed by atoms with Crippen LogP contribution in [0.15, 0.2) is 48.5 Å². The molecule has 0 bridgehead atoms. The Bertz CT molecular complexity index is 1070. The second-order valence-corrected chi connectivity index (χ2v) is 9.59. The predicted octanol–water partition coefficient (Wildman–Crippen LogP) is 2.69. The van der Waals surface area contributed by atoms with Crippen LogP contribution in [0.3, 0.4) is 0 Å². The summed E-state index contributed by atoms with van der Waals surface area (Å²) in [5.41, 5.74) is -0.187. The molecular weight excluding hydrogens is 414 g/mol. The number of hydrogen-bond donors (Lipinski definition) is 0. The average Bonchev–Trinajstić information content (AvgIpc) is 2.70. The van der Waals surface area contributed by atoms with E-state index in [1.54, 1.807) is 12.1 Å². The number of carbonyl (C=O) groups excluding carboxylic acids is 1. The molecule has 0 radical (unpaired) electrons. The molecule has 2 fully saturated rings. The molecular formula is C21H22F2N2O4S. The maximum atomic E-state index is 13.9. The summed E-state index contributed by atoms with van der Waals surface area (Å²) in [5.74, 6) is -1.71. The van der Waals surface area contributed by atoms with Gasteiger partial charge in [-0.3, -0.25) is 4.79 Å². The SMILES string of the molecule is COC1C(=O)N(c2cccc(F)c2)C12CCN(S(=O)(=O)Cc1ccccc1F)CC2. The molecule has 2 heterocycles. The van der Waals surface area contributed by atoms with Crippen LogP contribution in [0.2, 0.25) is 0 Å². The lowest BCUT2D eigenvalue weighted by Gasteiger charge is -2.59. The highest BCUT2D eigenvalue weighted by molar-refractivity contribution is 7.88. The van der Waals surface area contributed by atoms with Crippen LogP contribution < -0.4 is 4.90 Å². The van der Waals surface area contributed by atoms with Crippen LogP contribution in [0.5, 0.6) is 0 Å². The summed E-state index contributed by atoms with van der Waals surface area (Å²) in [6, 6.07) is 11.6. The summed E-state index contributed by atoms with van der Waals surface area (Å²) in [4.78, 5) is 14.2.